The van der Waals surface area contributed by atoms with Crippen LogP contribution >= 0.6 is 12.4 Å². The molecular weight excluding hydrogens is 338 g/mol. The molecule has 6 heteroatoms. The van der Waals surface area contributed by atoms with Crippen molar-refractivity contribution in [2.75, 3.05) is 6.54 Å². The summed E-state index contributed by atoms with van der Waals surface area (Å²) in [6, 6.07) is 16.8. The average Bonchev–Trinajstić information content (AvgIpc) is 2.61. The lowest BCUT2D eigenvalue weighted by molar-refractivity contribution is 0.0936. The van der Waals surface area contributed by atoms with Crippen LogP contribution < -0.4 is 16.6 Å². The standard InChI is InChI=1S/C19H19N3O2.ClH/c1-22-10-4-7-16(19(22)24)18(23)21-17(12-20)15-9-8-13-5-2-3-6-14(13)11-15;/h2-11,17H,12,20H2,1H3,(H,21,23);1H. The highest BCUT2D eigenvalue weighted by atomic mass is 35.5. The van der Waals surface area contributed by atoms with Gasteiger partial charge in [0.1, 0.15) is 5.56 Å². The quantitative estimate of drug-likeness (QED) is 0.752. The van der Waals surface area contributed by atoms with E-state index < -0.39 is 5.91 Å². The van der Waals surface area contributed by atoms with Gasteiger partial charge in [0, 0.05) is 19.8 Å². The molecule has 1 heterocycles. The Morgan fingerprint density at radius 2 is 1.84 bits per heavy atom. The molecule has 1 unspecified atom stereocenters. The summed E-state index contributed by atoms with van der Waals surface area (Å²) in [5.74, 6) is -0.417. The number of fused-ring (bicyclic) bond motifs is 1. The average molecular weight is 358 g/mol. The molecule has 0 saturated carbocycles. The Kier molecular flexibility index (Phi) is 5.96. The second-order valence-corrected chi connectivity index (χ2v) is 5.71. The third kappa shape index (κ3) is 3.90. The van der Waals surface area contributed by atoms with Gasteiger partial charge >= 0.3 is 0 Å². The molecule has 3 aromatic rings. The van der Waals surface area contributed by atoms with Gasteiger partial charge in [-0.15, -0.1) is 12.4 Å². The Morgan fingerprint density at radius 3 is 2.56 bits per heavy atom. The van der Waals surface area contributed by atoms with Crippen molar-refractivity contribution >= 4 is 29.1 Å². The van der Waals surface area contributed by atoms with Crippen LogP contribution in [0.2, 0.25) is 0 Å². The molecule has 2 aromatic carbocycles. The van der Waals surface area contributed by atoms with Crippen molar-refractivity contribution in [1.82, 2.24) is 9.88 Å². The van der Waals surface area contributed by atoms with Crippen molar-refractivity contribution in [2.24, 2.45) is 12.8 Å². The number of carbonyl (C=O) groups excluding carboxylic acids is 1. The molecule has 1 amide bonds. The van der Waals surface area contributed by atoms with E-state index in [4.69, 9.17) is 5.73 Å². The zero-order valence-electron chi connectivity index (χ0n) is 13.8. The molecule has 0 radical (unpaired) electrons. The number of carbonyl (C=O) groups is 1. The fraction of sp³-hybridized carbons (Fsp3) is 0.158. The van der Waals surface area contributed by atoms with Gasteiger partial charge in [0.2, 0.25) is 0 Å². The molecule has 0 aliphatic rings. The topological polar surface area (TPSA) is 77.1 Å². The van der Waals surface area contributed by atoms with Crippen LogP contribution in [0.5, 0.6) is 0 Å². The first-order chi connectivity index (χ1) is 11.6. The lowest BCUT2D eigenvalue weighted by Gasteiger charge is -2.18. The summed E-state index contributed by atoms with van der Waals surface area (Å²) in [6.07, 6.45) is 1.61. The summed E-state index contributed by atoms with van der Waals surface area (Å²) in [6.45, 7) is 0.247. The van der Waals surface area contributed by atoms with Gasteiger partial charge in [-0.05, 0) is 34.5 Å². The highest BCUT2D eigenvalue weighted by Crippen LogP contribution is 2.20. The highest BCUT2D eigenvalue weighted by molar-refractivity contribution is 5.94. The molecule has 0 spiro atoms. The Balaban J connectivity index is 0.00000225. The SMILES string of the molecule is Cl.Cn1cccc(C(=O)NC(CN)c2ccc3ccccc3c2)c1=O. The number of hydrogen-bond donors (Lipinski definition) is 2. The zero-order chi connectivity index (χ0) is 17.1. The maximum absolute atomic E-state index is 12.4. The first kappa shape index (κ1) is 18.7. The number of nitrogens with zero attached hydrogens (tertiary/aromatic N) is 1. The summed E-state index contributed by atoms with van der Waals surface area (Å²) >= 11 is 0. The summed E-state index contributed by atoms with van der Waals surface area (Å²) in [5, 5.41) is 5.06. The summed E-state index contributed by atoms with van der Waals surface area (Å²) < 4.78 is 1.38. The Hall–Kier alpha value is -2.63. The van der Waals surface area contributed by atoms with Gasteiger partial charge in [0.25, 0.3) is 11.5 Å². The van der Waals surface area contributed by atoms with Gasteiger partial charge in [-0.2, -0.15) is 0 Å². The van der Waals surface area contributed by atoms with Gasteiger partial charge in [0.05, 0.1) is 6.04 Å². The lowest BCUT2D eigenvalue weighted by atomic mass is 10.0. The summed E-state index contributed by atoms with van der Waals surface area (Å²) in [5.41, 5.74) is 6.54. The first-order valence-corrected chi connectivity index (χ1v) is 7.75. The second kappa shape index (κ2) is 7.96. The van der Waals surface area contributed by atoms with Crippen LogP contribution in [0.15, 0.2) is 65.6 Å². The highest BCUT2D eigenvalue weighted by Gasteiger charge is 2.17. The molecule has 3 N–H and O–H groups in total. The van der Waals surface area contributed by atoms with E-state index in [1.807, 2.05) is 42.5 Å². The van der Waals surface area contributed by atoms with E-state index in [9.17, 15) is 9.59 Å². The molecule has 130 valence electrons. The van der Waals surface area contributed by atoms with Crippen LogP contribution in [0.3, 0.4) is 0 Å². The van der Waals surface area contributed by atoms with E-state index in [-0.39, 0.29) is 36.1 Å². The van der Waals surface area contributed by atoms with E-state index in [1.54, 1.807) is 19.3 Å². The monoisotopic (exact) mass is 357 g/mol. The molecular formula is C19H20ClN3O2. The Labute approximate surface area is 151 Å². The van der Waals surface area contributed by atoms with Gasteiger partial charge < -0.3 is 15.6 Å². The number of rotatable bonds is 4. The molecule has 0 aliphatic heterocycles. The number of halogens is 1. The number of nitrogens with two attached hydrogens (primary N) is 1. The first-order valence-electron chi connectivity index (χ1n) is 7.75. The molecule has 1 atom stereocenters. The number of aryl methyl sites for hydroxylation is 1. The van der Waals surface area contributed by atoms with Crippen LogP contribution in [-0.2, 0) is 7.05 Å². The third-order valence-corrected chi connectivity index (χ3v) is 4.08. The minimum Gasteiger partial charge on any atom is -0.344 e. The van der Waals surface area contributed by atoms with Gasteiger partial charge in [-0.1, -0.05) is 36.4 Å². The number of nitrogens with one attached hydrogen (secondary N) is 1. The normalized spacial score (nSPS) is 11.6. The third-order valence-electron chi connectivity index (χ3n) is 4.08. The number of benzene rings is 2. The number of amides is 1. The predicted octanol–water partition coefficient (Wildman–Crippen LogP) is 2.39. The van der Waals surface area contributed by atoms with E-state index in [0.717, 1.165) is 16.3 Å². The van der Waals surface area contributed by atoms with Crippen molar-refractivity contribution < 1.29 is 4.79 Å². The predicted molar refractivity (Wildman–Crippen MR) is 102 cm³/mol. The van der Waals surface area contributed by atoms with Crippen molar-refractivity contribution in [3.05, 3.63) is 82.3 Å². The van der Waals surface area contributed by atoms with Gasteiger partial charge in [-0.25, -0.2) is 0 Å². The molecule has 0 fully saturated rings. The van der Waals surface area contributed by atoms with Gasteiger partial charge in [-0.3, -0.25) is 9.59 Å². The maximum Gasteiger partial charge on any atom is 0.263 e. The largest absolute Gasteiger partial charge is 0.344 e. The number of pyridine rings is 1. The lowest BCUT2D eigenvalue weighted by Crippen LogP contribution is -2.37. The van der Waals surface area contributed by atoms with Crippen molar-refractivity contribution in [3.63, 3.8) is 0 Å². The van der Waals surface area contributed by atoms with Crippen molar-refractivity contribution in [2.45, 2.75) is 6.04 Å². The fourth-order valence-electron chi connectivity index (χ4n) is 2.71. The fourth-order valence-corrected chi connectivity index (χ4v) is 2.71. The zero-order valence-corrected chi connectivity index (χ0v) is 14.6. The van der Waals surface area contributed by atoms with Gasteiger partial charge in [0.15, 0.2) is 0 Å². The molecule has 3 rings (SSSR count). The Bertz CT molecular complexity index is 953. The van der Waals surface area contributed by atoms with Crippen molar-refractivity contribution in [1.29, 1.82) is 0 Å². The molecule has 25 heavy (non-hydrogen) atoms. The number of hydrogen-bond acceptors (Lipinski definition) is 3. The smallest absolute Gasteiger partial charge is 0.263 e. The Morgan fingerprint density at radius 1 is 1.12 bits per heavy atom. The molecule has 0 saturated heterocycles. The van der Waals surface area contributed by atoms with Crippen LogP contribution in [-0.4, -0.2) is 17.0 Å². The second-order valence-electron chi connectivity index (χ2n) is 5.71. The van der Waals surface area contributed by atoms with Crippen molar-refractivity contribution in [3.8, 4) is 0 Å². The maximum atomic E-state index is 12.4. The molecule has 0 bridgehead atoms. The molecule has 0 aliphatic carbocycles. The van der Waals surface area contributed by atoms with Crippen LogP contribution in [0.1, 0.15) is 22.0 Å². The summed E-state index contributed by atoms with van der Waals surface area (Å²) in [4.78, 5) is 24.5. The van der Waals surface area contributed by atoms with Crippen LogP contribution in [0.25, 0.3) is 10.8 Å². The minimum atomic E-state index is -0.417. The molecule has 5 nitrogen and oxygen atoms in total. The van der Waals surface area contributed by atoms with E-state index in [0.29, 0.717) is 0 Å². The van der Waals surface area contributed by atoms with E-state index >= 15 is 0 Å². The summed E-state index contributed by atoms with van der Waals surface area (Å²) in [7, 11) is 1.61. The minimum absolute atomic E-state index is 0. The van der Waals surface area contributed by atoms with Crippen LogP contribution in [0.4, 0.5) is 0 Å². The van der Waals surface area contributed by atoms with Crippen LogP contribution in [0, 0.1) is 0 Å². The van der Waals surface area contributed by atoms with E-state index in [1.165, 1.54) is 10.6 Å². The number of aromatic nitrogens is 1. The molecule has 1 aromatic heterocycles. The van der Waals surface area contributed by atoms with E-state index in [2.05, 4.69) is 5.32 Å².